The number of amides is 1. The van der Waals surface area contributed by atoms with E-state index in [1.54, 1.807) is 5.01 Å². The monoisotopic (exact) mass is 337 g/mol. The molecule has 0 radical (unpaired) electrons. The second-order valence-electron chi connectivity index (χ2n) is 6.76. The quantitative estimate of drug-likeness (QED) is 0.859. The highest BCUT2D eigenvalue weighted by atomic mass is 16.2. The van der Waals surface area contributed by atoms with Gasteiger partial charge < -0.3 is 0 Å². The van der Waals surface area contributed by atoms with Gasteiger partial charge in [-0.15, -0.1) is 0 Å². The number of hydrogen-bond acceptors (Lipinski definition) is 4. The fraction of sp³-hybridized carbons (Fsp3) is 0.421. The molecule has 1 fully saturated rings. The Balaban J connectivity index is 1.43. The third-order valence-corrected chi connectivity index (χ3v) is 5.01. The predicted molar refractivity (Wildman–Crippen MR) is 96.1 cm³/mol. The summed E-state index contributed by atoms with van der Waals surface area (Å²) in [7, 11) is 1.93. The van der Waals surface area contributed by atoms with Crippen molar-refractivity contribution in [3.63, 3.8) is 0 Å². The molecule has 0 aliphatic carbocycles. The van der Waals surface area contributed by atoms with Gasteiger partial charge in [-0.2, -0.15) is 10.2 Å². The van der Waals surface area contributed by atoms with Gasteiger partial charge in [-0.25, -0.2) is 5.01 Å². The van der Waals surface area contributed by atoms with Gasteiger partial charge in [0, 0.05) is 31.3 Å². The molecule has 1 atom stereocenters. The molecule has 0 spiro atoms. The standard InChI is InChI=1S/C19H23N5O/c1-22-13-16(12-20-22)18-8-5-10-23(18)14-19(25)24-11-9-17(21-24)15-6-3-2-4-7-15/h2-4,6-7,12-13,18H,5,8-11,14H2,1H3. The van der Waals surface area contributed by atoms with E-state index in [4.69, 9.17) is 0 Å². The van der Waals surface area contributed by atoms with E-state index in [0.717, 1.165) is 37.1 Å². The van der Waals surface area contributed by atoms with Crippen molar-refractivity contribution in [1.29, 1.82) is 0 Å². The number of carbonyl (C=O) groups excluding carboxylic acids is 1. The average molecular weight is 337 g/mol. The van der Waals surface area contributed by atoms with Gasteiger partial charge in [0.25, 0.3) is 5.91 Å². The molecule has 1 amide bonds. The van der Waals surface area contributed by atoms with E-state index in [-0.39, 0.29) is 11.9 Å². The Kier molecular flexibility index (Phi) is 4.36. The first-order valence-electron chi connectivity index (χ1n) is 8.86. The van der Waals surface area contributed by atoms with Gasteiger partial charge in [-0.1, -0.05) is 30.3 Å². The molecule has 2 aromatic rings. The molecule has 2 aliphatic rings. The number of carbonyl (C=O) groups is 1. The molecule has 4 rings (SSSR count). The Hall–Kier alpha value is -2.47. The van der Waals surface area contributed by atoms with Gasteiger partial charge in [-0.05, 0) is 24.9 Å². The Morgan fingerprint density at radius 3 is 2.84 bits per heavy atom. The molecule has 0 bridgehead atoms. The summed E-state index contributed by atoms with van der Waals surface area (Å²) in [6.07, 6.45) is 6.98. The third kappa shape index (κ3) is 3.35. The van der Waals surface area contributed by atoms with Gasteiger partial charge >= 0.3 is 0 Å². The molecule has 6 nitrogen and oxygen atoms in total. The third-order valence-electron chi connectivity index (χ3n) is 5.01. The minimum Gasteiger partial charge on any atom is -0.287 e. The van der Waals surface area contributed by atoms with E-state index in [0.29, 0.717) is 13.1 Å². The topological polar surface area (TPSA) is 53.7 Å². The van der Waals surface area contributed by atoms with Crippen LogP contribution in [0.5, 0.6) is 0 Å². The zero-order valence-electron chi connectivity index (χ0n) is 14.5. The predicted octanol–water partition coefficient (Wildman–Crippen LogP) is 2.19. The summed E-state index contributed by atoms with van der Waals surface area (Å²) >= 11 is 0. The van der Waals surface area contributed by atoms with Crippen LogP contribution in [0.15, 0.2) is 47.8 Å². The van der Waals surface area contributed by atoms with Crippen molar-refractivity contribution in [2.45, 2.75) is 25.3 Å². The van der Waals surface area contributed by atoms with E-state index in [1.807, 2.05) is 48.3 Å². The molecule has 1 aromatic heterocycles. The van der Waals surface area contributed by atoms with Gasteiger partial charge in [-0.3, -0.25) is 14.4 Å². The van der Waals surface area contributed by atoms with Crippen LogP contribution in [0.4, 0.5) is 0 Å². The van der Waals surface area contributed by atoms with Gasteiger partial charge in [0.1, 0.15) is 0 Å². The second kappa shape index (κ2) is 6.80. The van der Waals surface area contributed by atoms with Crippen molar-refractivity contribution in [2.75, 3.05) is 19.6 Å². The lowest BCUT2D eigenvalue weighted by molar-refractivity contribution is -0.132. The van der Waals surface area contributed by atoms with Crippen molar-refractivity contribution in [2.24, 2.45) is 12.1 Å². The van der Waals surface area contributed by atoms with Crippen molar-refractivity contribution in [3.05, 3.63) is 53.9 Å². The summed E-state index contributed by atoms with van der Waals surface area (Å²) in [5, 5.41) is 10.5. The van der Waals surface area contributed by atoms with Crippen LogP contribution in [-0.2, 0) is 11.8 Å². The highest BCUT2D eigenvalue weighted by molar-refractivity contribution is 6.02. The van der Waals surface area contributed by atoms with Crippen LogP contribution in [0.25, 0.3) is 0 Å². The average Bonchev–Trinajstić information content (AvgIpc) is 3.35. The first kappa shape index (κ1) is 16.0. The van der Waals surface area contributed by atoms with Crippen LogP contribution in [0.1, 0.15) is 36.4 Å². The van der Waals surface area contributed by atoms with E-state index >= 15 is 0 Å². The highest BCUT2D eigenvalue weighted by Gasteiger charge is 2.31. The minimum atomic E-state index is 0.0849. The lowest BCUT2D eigenvalue weighted by atomic mass is 10.1. The lowest BCUT2D eigenvalue weighted by Crippen LogP contribution is -2.36. The van der Waals surface area contributed by atoms with Crippen molar-refractivity contribution in [3.8, 4) is 0 Å². The molecule has 3 heterocycles. The van der Waals surface area contributed by atoms with Gasteiger partial charge in [0.05, 0.1) is 25.0 Å². The second-order valence-corrected chi connectivity index (χ2v) is 6.76. The Morgan fingerprint density at radius 2 is 2.08 bits per heavy atom. The summed E-state index contributed by atoms with van der Waals surface area (Å²) in [5.41, 5.74) is 3.30. The fourth-order valence-electron chi connectivity index (χ4n) is 3.73. The SMILES string of the molecule is Cn1cc(C2CCCN2CC(=O)N2CCC(c3ccccc3)=N2)cn1. The van der Waals surface area contributed by atoms with E-state index in [9.17, 15) is 4.79 Å². The summed E-state index contributed by atoms with van der Waals surface area (Å²) in [4.78, 5) is 15.0. The van der Waals surface area contributed by atoms with Crippen LogP contribution in [0.3, 0.4) is 0 Å². The zero-order chi connectivity index (χ0) is 17.2. The molecule has 1 saturated heterocycles. The molecular formula is C19H23N5O. The summed E-state index contributed by atoms with van der Waals surface area (Å²) in [6.45, 7) is 2.05. The maximum atomic E-state index is 12.7. The van der Waals surface area contributed by atoms with Crippen LogP contribution in [-0.4, -0.2) is 50.9 Å². The summed E-state index contributed by atoms with van der Waals surface area (Å²) in [6, 6.07) is 10.4. The minimum absolute atomic E-state index is 0.0849. The maximum Gasteiger partial charge on any atom is 0.256 e. The van der Waals surface area contributed by atoms with Crippen LogP contribution in [0, 0.1) is 0 Å². The van der Waals surface area contributed by atoms with Crippen molar-refractivity contribution >= 4 is 11.6 Å². The van der Waals surface area contributed by atoms with E-state index in [1.165, 1.54) is 5.56 Å². The number of benzene rings is 1. The number of aryl methyl sites for hydroxylation is 1. The lowest BCUT2D eigenvalue weighted by Gasteiger charge is -2.24. The van der Waals surface area contributed by atoms with Crippen LogP contribution in [0.2, 0.25) is 0 Å². The van der Waals surface area contributed by atoms with Crippen LogP contribution >= 0.6 is 0 Å². The molecule has 1 unspecified atom stereocenters. The molecule has 25 heavy (non-hydrogen) atoms. The number of hydrazone groups is 1. The Bertz CT molecular complexity index is 782. The smallest absolute Gasteiger partial charge is 0.256 e. The first-order chi connectivity index (χ1) is 12.2. The van der Waals surface area contributed by atoms with E-state index < -0.39 is 0 Å². The first-order valence-corrected chi connectivity index (χ1v) is 8.86. The Morgan fingerprint density at radius 1 is 1.24 bits per heavy atom. The normalized spacial score (nSPS) is 20.9. The molecule has 0 N–H and O–H groups in total. The number of aromatic nitrogens is 2. The maximum absolute atomic E-state index is 12.7. The van der Waals surface area contributed by atoms with Gasteiger partial charge in [0.15, 0.2) is 0 Å². The highest BCUT2D eigenvalue weighted by Crippen LogP contribution is 2.31. The Labute approximate surface area is 147 Å². The summed E-state index contributed by atoms with van der Waals surface area (Å²) < 4.78 is 1.82. The number of hydrogen-bond donors (Lipinski definition) is 0. The summed E-state index contributed by atoms with van der Waals surface area (Å²) in [5.74, 6) is 0.0849. The number of likely N-dealkylation sites (tertiary alicyclic amines) is 1. The molecule has 0 saturated carbocycles. The number of nitrogens with zero attached hydrogens (tertiary/aromatic N) is 5. The van der Waals surface area contributed by atoms with Crippen molar-refractivity contribution < 1.29 is 4.79 Å². The van der Waals surface area contributed by atoms with Crippen LogP contribution < -0.4 is 0 Å². The van der Waals surface area contributed by atoms with Crippen molar-refractivity contribution in [1.82, 2.24) is 19.7 Å². The molecule has 1 aromatic carbocycles. The molecular weight excluding hydrogens is 314 g/mol. The molecule has 2 aliphatic heterocycles. The van der Waals surface area contributed by atoms with Gasteiger partial charge in [0.2, 0.25) is 0 Å². The fourth-order valence-corrected chi connectivity index (χ4v) is 3.73. The number of rotatable bonds is 4. The zero-order valence-corrected chi connectivity index (χ0v) is 14.5. The molecule has 130 valence electrons. The van der Waals surface area contributed by atoms with E-state index in [2.05, 4.69) is 21.3 Å². The molecule has 6 heteroatoms. The largest absolute Gasteiger partial charge is 0.287 e.